The zero-order valence-electron chi connectivity index (χ0n) is 16.7. The van der Waals surface area contributed by atoms with Gasteiger partial charge in [0, 0.05) is 18.0 Å². The number of aliphatic hydroxyl groups is 2. The van der Waals surface area contributed by atoms with E-state index in [1.165, 1.54) is 0 Å². The molecular formula is C21H21Cl2N5O3. The van der Waals surface area contributed by atoms with E-state index in [2.05, 4.69) is 20.3 Å². The van der Waals surface area contributed by atoms with Crippen LogP contribution in [0.3, 0.4) is 0 Å². The molecule has 2 saturated carbocycles. The summed E-state index contributed by atoms with van der Waals surface area (Å²) in [5.74, 6) is 0.264. The summed E-state index contributed by atoms with van der Waals surface area (Å²) < 4.78 is 1.71. The smallest absolute Gasteiger partial charge is 0.226 e. The summed E-state index contributed by atoms with van der Waals surface area (Å²) in [6.07, 6.45) is 0.226. The van der Waals surface area contributed by atoms with Crippen molar-refractivity contribution in [1.82, 2.24) is 19.5 Å². The van der Waals surface area contributed by atoms with Gasteiger partial charge in [0.2, 0.25) is 5.28 Å². The van der Waals surface area contributed by atoms with Crippen LogP contribution in [0.4, 0.5) is 5.82 Å². The predicted molar refractivity (Wildman–Crippen MR) is 116 cm³/mol. The number of halogens is 2. The van der Waals surface area contributed by atoms with E-state index in [1.54, 1.807) is 23.9 Å². The minimum Gasteiger partial charge on any atom is -0.389 e. The number of nitrogens with zero attached hydrogens (tertiary/aromatic N) is 4. The van der Waals surface area contributed by atoms with Gasteiger partial charge in [-0.05, 0) is 41.6 Å². The van der Waals surface area contributed by atoms with Crippen LogP contribution in [0.5, 0.6) is 0 Å². The average Bonchev–Trinajstić information content (AvgIpc) is 3.29. The Morgan fingerprint density at radius 2 is 2.13 bits per heavy atom. The lowest BCUT2D eigenvalue weighted by molar-refractivity contribution is -0.130. The van der Waals surface area contributed by atoms with Crippen LogP contribution in [0, 0.1) is 11.3 Å². The molecule has 2 aromatic heterocycles. The minimum absolute atomic E-state index is 0.0208. The summed E-state index contributed by atoms with van der Waals surface area (Å²) in [5.41, 5.74) is 1.02. The third kappa shape index (κ3) is 3.12. The highest BCUT2D eigenvalue weighted by Gasteiger charge is 2.74. The Labute approximate surface area is 188 Å². The van der Waals surface area contributed by atoms with E-state index in [4.69, 9.17) is 23.2 Å². The normalized spacial score (nSPS) is 29.2. The van der Waals surface area contributed by atoms with E-state index in [9.17, 15) is 15.0 Å². The molecule has 5 unspecified atom stereocenters. The number of nitrogens with one attached hydrogen (secondary N) is 1. The maximum absolute atomic E-state index is 12.5. The van der Waals surface area contributed by atoms with E-state index >= 15 is 0 Å². The van der Waals surface area contributed by atoms with Crippen molar-refractivity contribution in [2.24, 2.45) is 11.3 Å². The predicted octanol–water partition coefficient (Wildman–Crippen LogP) is 3.01. The summed E-state index contributed by atoms with van der Waals surface area (Å²) in [4.78, 5) is 25.5. The van der Waals surface area contributed by atoms with Crippen molar-refractivity contribution in [2.45, 2.75) is 44.6 Å². The highest BCUT2D eigenvalue weighted by molar-refractivity contribution is 6.30. The summed E-state index contributed by atoms with van der Waals surface area (Å²) in [6.45, 7) is 2.23. The fourth-order valence-corrected chi connectivity index (χ4v) is 5.41. The van der Waals surface area contributed by atoms with Crippen molar-refractivity contribution in [2.75, 3.05) is 5.32 Å². The molecule has 162 valence electrons. The second-order valence-electron chi connectivity index (χ2n) is 8.20. The molecular weight excluding hydrogens is 441 g/mol. The Balaban J connectivity index is 1.49. The van der Waals surface area contributed by atoms with E-state index < -0.39 is 23.7 Å². The molecule has 31 heavy (non-hydrogen) atoms. The van der Waals surface area contributed by atoms with Gasteiger partial charge in [0.1, 0.15) is 11.9 Å². The second kappa shape index (κ2) is 7.41. The van der Waals surface area contributed by atoms with E-state index in [1.807, 2.05) is 18.2 Å². The quantitative estimate of drug-likeness (QED) is 0.483. The molecule has 10 heteroatoms. The van der Waals surface area contributed by atoms with Crippen LogP contribution < -0.4 is 5.32 Å². The number of ketones is 1. The number of benzene rings is 1. The molecule has 2 aliphatic rings. The number of hydrogen-bond donors (Lipinski definition) is 3. The molecule has 0 aliphatic heterocycles. The van der Waals surface area contributed by atoms with Crippen molar-refractivity contribution in [1.29, 1.82) is 0 Å². The molecule has 2 aliphatic carbocycles. The number of fused-ring (bicyclic) bond motifs is 2. The molecule has 0 spiro atoms. The van der Waals surface area contributed by atoms with Crippen LogP contribution in [0.2, 0.25) is 10.3 Å². The number of aromatic nitrogens is 4. The van der Waals surface area contributed by atoms with Crippen LogP contribution in [0.25, 0.3) is 11.2 Å². The zero-order valence-corrected chi connectivity index (χ0v) is 18.2. The fraction of sp³-hybridized carbons (Fsp3) is 0.429. The first-order valence-corrected chi connectivity index (χ1v) is 10.9. The van der Waals surface area contributed by atoms with Crippen molar-refractivity contribution in [3.05, 3.63) is 46.5 Å². The van der Waals surface area contributed by atoms with Gasteiger partial charge in [-0.15, -0.1) is 0 Å². The summed E-state index contributed by atoms with van der Waals surface area (Å²) >= 11 is 12.2. The average molecular weight is 462 g/mol. The fourth-order valence-electron chi connectivity index (χ4n) is 5.04. The number of rotatable bonds is 6. The number of hydrogen-bond acceptors (Lipinski definition) is 7. The van der Waals surface area contributed by atoms with Gasteiger partial charge in [-0.25, -0.2) is 4.98 Å². The lowest BCUT2D eigenvalue weighted by atomic mass is 9.92. The van der Waals surface area contributed by atoms with Gasteiger partial charge in [0.25, 0.3) is 0 Å². The summed E-state index contributed by atoms with van der Waals surface area (Å²) in [5, 5.41) is 25.3. The number of imidazole rings is 1. The van der Waals surface area contributed by atoms with Crippen LogP contribution in [-0.2, 0) is 11.3 Å². The van der Waals surface area contributed by atoms with Gasteiger partial charge in [0.05, 0.1) is 23.9 Å². The van der Waals surface area contributed by atoms with Crippen LogP contribution in [0.15, 0.2) is 30.6 Å². The van der Waals surface area contributed by atoms with Gasteiger partial charge in [-0.1, -0.05) is 30.7 Å². The molecule has 0 bridgehead atoms. The van der Waals surface area contributed by atoms with Crippen LogP contribution >= 0.6 is 23.2 Å². The Kier molecular flexibility index (Phi) is 4.93. The molecule has 2 heterocycles. The SMILES string of the molecule is CCC(=O)C12CC1C(n1cnc3c(NCc4cccc(Cl)c4)nc(Cl)nc31)C(O)C2O. The molecule has 3 N–H and O–H groups in total. The number of carbonyl (C=O) groups excluding carboxylic acids is 1. The molecule has 5 atom stereocenters. The minimum atomic E-state index is -1.11. The van der Waals surface area contributed by atoms with Crippen molar-refractivity contribution in [3.63, 3.8) is 0 Å². The number of Topliss-reactive ketones (excluding diaryl/α,β-unsaturated/α-hetero) is 1. The molecule has 0 saturated heterocycles. The molecule has 8 nitrogen and oxygen atoms in total. The molecule has 1 aromatic carbocycles. The van der Waals surface area contributed by atoms with E-state index in [0.29, 0.717) is 41.4 Å². The summed E-state index contributed by atoms with van der Waals surface area (Å²) in [6, 6.07) is 6.94. The first-order valence-electron chi connectivity index (χ1n) is 10.1. The topological polar surface area (TPSA) is 113 Å². The highest BCUT2D eigenvalue weighted by Crippen LogP contribution is 2.68. The lowest BCUT2D eigenvalue weighted by Gasteiger charge is -2.23. The Morgan fingerprint density at radius 3 is 2.87 bits per heavy atom. The molecule has 3 aromatic rings. The van der Waals surface area contributed by atoms with E-state index in [0.717, 1.165) is 5.56 Å². The molecule has 5 rings (SSSR count). The monoisotopic (exact) mass is 461 g/mol. The Morgan fingerprint density at radius 1 is 1.32 bits per heavy atom. The zero-order chi connectivity index (χ0) is 21.9. The first kappa shape index (κ1) is 20.6. The maximum atomic E-state index is 12.5. The third-order valence-electron chi connectivity index (χ3n) is 6.58. The van der Waals surface area contributed by atoms with Gasteiger partial charge >= 0.3 is 0 Å². The molecule has 0 amide bonds. The van der Waals surface area contributed by atoms with Gasteiger partial charge < -0.3 is 20.1 Å². The molecule has 2 fully saturated rings. The van der Waals surface area contributed by atoms with Crippen molar-refractivity contribution in [3.8, 4) is 0 Å². The van der Waals surface area contributed by atoms with Crippen LogP contribution in [-0.4, -0.2) is 47.7 Å². The Bertz CT molecular complexity index is 1190. The number of anilines is 1. The third-order valence-corrected chi connectivity index (χ3v) is 6.98. The van der Waals surface area contributed by atoms with Crippen LogP contribution in [0.1, 0.15) is 31.4 Å². The van der Waals surface area contributed by atoms with Crippen molar-refractivity contribution >= 4 is 46.0 Å². The standard InChI is InChI=1S/C21H21Cl2N5O3/c1-2-13(29)21-7-12(21)15(16(30)17(21)31)28-9-25-14-18(26-20(23)27-19(14)28)24-8-10-4-3-5-11(22)6-10/h3-6,9,12,15-17,30-31H,2,7-8H2,1H3,(H,24,26,27). The molecule has 0 radical (unpaired) electrons. The second-order valence-corrected chi connectivity index (χ2v) is 8.98. The van der Waals surface area contributed by atoms with E-state index in [-0.39, 0.29) is 17.0 Å². The number of carbonyl (C=O) groups is 1. The summed E-state index contributed by atoms with van der Waals surface area (Å²) in [7, 11) is 0. The maximum Gasteiger partial charge on any atom is 0.226 e. The highest BCUT2D eigenvalue weighted by atomic mass is 35.5. The lowest BCUT2D eigenvalue weighted by Crippen LogP contribution is -2.37. The number of aliphatic hydroxyl groups excluding tert-OH is 2. The largest absolute Gasteiger partial charge is 0.389 e. The van der Waals surface area contributed by atoms with Gasteiger partial charge in [0.15, 0.2) is 17.0 Å². The Hall–Kier alpha value is -2.26. The first-order chi connectivity index (χ1) is 14.9. The van der Waals surface area contributed by atoms with Gasteiger partial charge in [-0.3, -0.25) is 4.79 Å². The van der Waals surface area contributed by atoms with Crippen molar-refractivity contribution < 1.29 is 15.0 Å². The van der Waals surface area contributed by atoms with Gasteiger partial charge in [-0.2, -0.15) is 9.97 Å².